The Hall–Kier alpha value is -3.62. The van der Waals surface area contributed by atoms with Crippen LogP contribution in [0.4, 0.5) is 17.1 Å². The highest BCUT2D eigenvalue weighted by molar-refractivity contribution is 7.92. The topological polar surface area (TPSA) is 90.5 Å². The predicted molar refractivity (Wildman–Crippen MR) is 151 cm³/mol. The zero-order valence-corrected chi connectivity index (χ0v) is 21.8. The molecule has 3 N–H and O–H groups in total. The Morgan fingerprint density at radius 3 is 2.35 bits per heavy atom. The summed E-state index contributed by atoms with van der Waals surface area (Å²) < 4.78 is 27.4. The van der Waals surface area contributed by atoms with Crippen molar-refractivity contribution < 1.29 is 13.2 Å². The molecular weight excluding hydrogens is 484 g/mol. The van der Waals surface area contributed by atoms with Gasteiger partial charge in [0.1, 0.15) is 0 Å². The van der Waals surface area contributed by atoms with Gasteiger partial charge in [0.2, 0.25) is 10.0 Å². The molecule has 1 amide bonds. The van der Waals surface area contributed by atoms with E-state index < -0.39 is 10.0 Å². The predicted octanol–water partition coefficient (Wildman–Crippen LogP) is 5.37. The molecule has 37 heavy (non-hydrogen) atoms. The van der Waals surface area contributed by atoms with E-state index >= 15 is 0 Å². The molecule has 0 spiro atoms. The molecule has 0 radical (unpaired) electrons. The zero-order chi connectivity index (χ0) is 25.8. The van der Waals surface area contributed by atoms with Crippen molar-refractivity contribution in [3.63, 3.8) is 0 Å². The van der Waals surface area contributed by atoms with Crippen LogP contribution >= 0.6 is 0 Å². The number of hydrogen-bond acceptors (Lipinski definition) is 5. The first-order chi connectivity index (χ1) is 17.9. The molecule has 0 aliphatic carbocycles. The summed E-state index contributed by atoms with van der Waals surface area (Å²) in [5, 5.41) is 6.41. The molecule has 0 aromatic heterocycles. The number of carbonyl (C=O) groups is 1. The van der Waals surface area contributed by atoms with Crippen LogP contribution in [0.5, 0.6) is 0 Å². The molecule has 0 atom stereocenters. The van der Waals surface area contributed by atoms with E-state index in [9.17, 15) is 13.2 Å². The van der Waals surface area contributed by atoms with E-state index in [2.05, 4.69) is 32.4 Å². The Bertz CT molecular complexity index is 1410. The third kappa shape index (κ3) is 5.87. The summed E-state index contributed by atoms with van der Waals surface area (Å²) in [6.07, 6.45) is 3.04. The van der Waals surface area contributed by atoms with Gasteiger partial charge >= 0.3 is 0 Å². The molecule has 0 bridgehead atoms. The van der Waals surface area contributed by atoms with Gasteiger partial charge in [-0.05, 0) is 73.8 Å². The summed E-state index contributed by atoms with van der Waals surface area (Å²) in [5.41, 5.74) is 5.86. The second-order valence-electron chi connectivity index (χ2n) is 9.56. The maximum atomic E-state index is 13.2. The van der Waals surface area contributed by atoms with Gasteiger partial charge in [-0.15, -0.1) is 0 Å². The highest BCUT2D eigenvalue weighted by Crippen LogP contribution is 2.39. The van der Waals surface area contributed by atoms with E-state index in [-0.39, 0.29) is 11.7 Å². The highest BCUT2D eigenvalue weighted by Gasteiger charge is 2.29. The average molecular weight is 517 g/mol. The second kappa shape index (κ2) is 10.8. The fraction of sp³-hybridized carbons (Fsp3) is 0.276. The molecule has 5 rings (SSSR count). The van der Waals surface area contributed by atoms with Crippen LogP contribution in [0.25, 0.3) is 11.3 Å². The molecule has 192 valence electrons. The maximum absolute atomic E-state index is 13.2. The van der Waals surface area contributed by atoms with E-state index in [4.69, 9.17) is 0 Å². The highest BCUT2D eigenvalue weighted by atomic mass is 32.2. The number of nitrogens with one attached hydrogen (secondary N) is 3. The number of benzene rings is 3. The van der Waals surface area contributed by atoms with E-state index in [1.54, 1.807) is 18.2 Å². The summed E-state index contributed by atoms with van der Waals surface area (Å²) in [7, 11) is -3.46. The Labute approximate surface area is 218 Å². The van der Waals surface area contributed by atoms with E-state index in [0.29, 0.717) is 34.6 Å². The Kier molecular flexibility index (Phi) is 7.30. The van der Waals surface area contributed by atoms with Crippen molar-refractivity contribution >= 4 is 44.3 Å². The summed E-state index contributed by atoms with van der Waals surface area (Å²) in [5.74, 6) is -0.199. The first-order valence-corrected chi connectivity index (χ1v) is 14.4. The Balaban J connectivity index is 1.50. The fourth-order valence-electron chi connectivity index (χ4n) is 4.90. The molecule has 7 nitrogen and oxygen atoms in total. The number of rotatable bonds is 9. The van der Waals surface area contributed by atoms with Gasteiger partial charge in [-0.25, -0.2) is 8.42 Å². The summed E-state index contributed by atoms with van der Waals surface area (Å²) in [4.78, 5) is 15.7. The lowest BCUT2D eigenvalue weighted by molar-refractivity contribution is -0.110. The summed E-state index contributed by atoms with van der Waals surface area (Å²) in [6, 6.07) is 23.2. The average Bonchev–Trinajstić information content (AvgIpc) is 3.50. The third-order valence-electron chi connectivity index (χ3n) is 6.65. The van der Waals surface area contributed by atoms with Gasteiger partial charge in [0.05, 0.1) is 17.0 Å². The minimum Gasteiger partial charge on any atom is -0.354 e. The molecule has 2 aliphatic heterocycles. The number of likely N-dealkylation sites (tertiary alicyclic amines) is 1. The van der Waals surface area contributed by atoms with Crippen molar-refractivity contribution in [3.05, 3.63) is 89.5 Å². The number of sulfonamides is 1. The fourth-order valence-corrected chi connectivity index (χ4v) is 6.02. The van der Waals surface area contributed by atoms with Gasteiger partial charge in [0.15, 0.2) is 0 Å². The molecule has 0 unspecified atom stereocenters. The molecule has 8 heteroatoms. The van der Waals surface area contributed by atoms with E-state index in [1.165, 1.54) is 18.4 Å². The van der Waals surface area contributed by atoms with Crippen molar-refractivity contribution in [3.8, 4) is 0 Å². The Morgan fingerprint density at radius 1 is 0.946 bits per heavy atom. The minimum absolute atomic E-state index is 0.0362. The van der Waals surface area contributed by atoms with Crippen LogP contribution in [0, 0.1) is 0 Å². The lowest BCUT2D eigenvalue weighted by Gasteiger charge is -2.17. The molecular formula is C29H32N4O3S. The number of hydrogen-bond donors (Lipinski definition) is 3. The number of carbonyl (C=O) groups excluding carboxylic acids is 1. The van der Waals surface area contributed by atoms with Crippen LogP contribution in [0.15, 0.2) is 72.8 Å². The lowest BCUT2D eigenvalue weighted by Crippen LogP contribution is -2.18. The normalized spacial score (nSPS) is 16.8. The van der Waals surface area contributed by atoms with Gasteiger partial charge in [0.25, 0.3) is 5.91 Å². The molecule has 3 aromatic carbocycles. The molecule has 3 aromatic rings. The summed E-state index contributed by atoms with van der Waals surface area (Å²) >= 11 is 0. The third-order valence-corrected chi connectivity index (χ3v) is 8.14. The summed E-state index contributed by atoms with van der Waals surface area (Å²) in [6.45, 7) is 5.06. The monoisotopic (exact) mass is 516 g/mol. The van der Waals surface area contributed by atoms with Crippen LogP contribution in [0.1, 0.15) is 42.9 Å². The quantitative estimate of drug-likeness (QED) is 0.333. The molecule has 0 saturated carbocycles. The van der Waals surface area contributed by atoms with Crippen LogP contribution in [0.2, 0.25) is 0 Å². The second-order valence-corrected chi connectivity index (χ2v) is 11.4. The minimum atomic E-state index is -3.46. The van der Waals surface area contributed by atoms with Crippen molar-refractivity contribution in [1.82, 2.24) is 4.90 Å². The zero-order valence-electron chi connectivity index (χ0n) is 21.0. The first kappa shape index (κ1) is 25.0. The lowest BCUT2D eigenvalue weighted by atomic mass is 9.99. The van der Waals surface area contributed by atoms with Crippen molar-refractivity contribution in [1.29, 1.82) is 0 Å². The standard InChI is InChI=1S/C29H32N4O3S/c1-2-18-37(35,36)32-24-14-15-26-25(19-24)27(29(34)31-26)28(22-8-4-3-5-9-22)30-23-12-10-21(11-13-23)20-33-16-6-7-17-33/h3-5,8-15,19,30,32H,2,6-7,16-18,20H2,1H3,(H,31,34). The molecule has 1 fully saturated rings. The van der Waals surface area contributed by atoms with Crippen LogP contribution in [-0.4, -0.2) is 38.1 Å². The smallest absolute Gasteiger partial charge is 0.258 e. The van der Waals surface area contributed by atoms with Crippen molar-refractivity contribution in [2.24, 2.45) is 0 Å². The number of amides is 1. The van der Waals surface area contributed by atoms with Gasteiger partial charge in [0, 0.05) is 29.2 Å². The van der Waals surface area contributed by atoms with Crippen molar-refractivity contribution in [2.45, 2.75) is 32.7 Å². The van der Waals surface area contributed by atoms with Crippen LogP contribution < -0.4 is 15.4 Å². The maximum Gasteiger partial charge on any atom is 0.258 e. The van der Waals surface area contributed by atoms with Gasteiger partial charge < -0.3 is 10.6 Å². The van der Waals surface area contributed by atoms with E-state index in [1.807, 2.05) is 49.4 Å². The Morgan fingerprint density at radius 2 is 1.65 bits per heavy atom. The van der Waals surface area contributed by atoms with Gasteiger partial charge in [-0.1, -0.05) is 49.4 Å². The van der Waals surface area contributed by atoms with Crippen LogP contribution in [0.3, 0.4) is 0 Å². The number of anilines is 3. The largest absolute Gasteiger partial charge is 0.354 e. The SMILES string of the molecule is CCCS(=O)(=O)Nc1ccc2c(c1)C(=C(Nc1ccc(CN3CCCC3)cc1)c1ccccc1)C(=O)N2. The van der Waals surface area contributed by atoms with Gasteiger partial charge in [-0.2, -0.15) is 0 Å². The molecule has 2 heterocycles. The molecule has 1 saturated heterocycles. The van der Waals surface area contributed by atoms with Gasteiger partial charge in [-0.3, -0.25) is 14.4 Å². The number of fused-ring (bicyclic) bond motifs is 1. The van der Waals surface area contributed by atoms with E-state index in [0.717, 1.165) is 30.9 Å². The number of nitrogens with zero attached hydrogens (tertiary/aromatic N) is 1. The first-order valence-electron chi connectivity index (χ1n) is 12.8. The molecule has 2 aliphatic rings. The van der Waals surface area contributed by atoms with Crippen LogP contribution in [-0.2, 0) is 21.4 Å². The van der Waals surface area contributed by atoms with Crippen molar-refractivity contribution in [2.75, 3.05) is 34.2 Å².